The number of imide groups is 1. The van der Waals surface area contributed by atoms with E-state index >= 15 is 0 Å². The van der Waals surface area contributed by atoms with Gasteiger partial charge in [-0.3, -0.25) is 24.6 Å². The lowest BCUT2D eigenvalue weighted by Gasteiger charge is -2.28. The lowest BCUT2D eigenvalue weighted by Crippen LogP contribution is -2.36. The zero-order valence-corrected chi connectivity index (χ0v) is 16.8. The first-order valence-electron chi connectivity index (χ1n) is 9.43. The number of carbonyl (C=O) groups is 2. The van der Waals surface area contributed by atoms with Crippen LogP contribution in [0.2, 0.25) is 0 Å². The van der Waals surface area contributed by atoms with Gasteiger partial charge in [0.25, 0.3) is 16.8 Å². The van der Waals surface area contributed by atoms with E-state index in [4.69, 9.17) is 4.74 Å². The molecule has 2 fully saturated rings. The molecule has 2 aliphatic heterocycles. The first-order chi connectivity index (χ1) is 14.5. The van der Waals surface area contributed by atoms with Crippen molar-refractivity contribution in [3.63, 3.8) is 0 Å². The molecule has 2 aromatic carbocycles. The molecule has 0 spiro atoms. The fourth-order valence-corrected chi connectivity index (χ4v) is 4.22. The van der Waals surface area contributed by atoms with Crippen molar-refractivity contribution in [2.45, 2.75) is 6.54 Å². The molecule has 30 heavy (non-hydrogen) atoms. The van der Waals surface area contributed by atoms with Gasteiger partial charge in [-0.25, -0.2) is 0 Å². The highest BCUT2D eigenvalue weighted by molar-refractivity contribution is 8.18. The van der Waals surface area contributed by atoms with Gasteiger partial charge in [0, 0.05) is 30.4 Å². The van der Waals surface area contributed by atoms with Crippen LogP contribution in [0.3, 0.4) is 0 Å². The van der Waals surface area contributed by atoms with Crippen molar-refractivity contribution >= 4 is 40.4 Å². The normalized spacial score (nSPS) is 18.3. The van der Waals surface area contributed by atoms with Crippen LogP contribution in [-0.4, -0.2) is 47.3 Å². The predicted octanol–water partition coefficient (Wildman–Crippen LogP) is 3.67. The third-order valence-corrected chi connectivity index (χ3v) is 5.86. The van der Waals surface area contributed by atoms with Gasteiger partial charge in [-0.05, 0) is 35.5 Å². The number of nitrogens with zero attached hydrogens (tertiary/aromatic N) is 3. The number of hydrogen-bond acceptors (Lipinski definition) is 7. The molecule has 0 saturated carbocycles. The fourth-order valence-electron chi connectivity index (χ4n) is 3.38. The lowest BCUT2D eigenvalue weighted by atomic mass is 10.1. The van der Waals surface area contributed by atoms with Crippen LogP contribution >= 0.6 is 11.8 Å². The summed E-state index contributed by atoms with van der Waals surface area (Å²) in [6.45, 7) is 2.95. The molecule has 0 bridgehead atoms. The SMILES string of the molecule is O=C1S/C(=C/c2ccc(N3CCOCC3)cc2)C(=O)N1Cc1ccccc1[N+](=O)[O-]. The second-order valence-electron chi connectivity index (χ2n) is 6.84. The largest absolute Gasteiger partial charge is 0.378 e. The first kappa shape index (κ1) is 20.1. The molecule has 0 aliphatic carbocycles. The molecule has 8 nitrogen and oxygen atoms in total. The predicted molar refractivity (Wildman–Crippen MR) is 114 cm³/mol. The quantitative estimate of drug-likeness (QED) is 0.410. The molecule has 2 amide bonds. The second-order valence-corrected chi connectivity index (χ2v) is 7.84. The minimum absolute atomic E-state index is 0.112. The van der Waals surface area contributed by atoms with Gasteiger partial charge in [-0.1, -0.05) is 30.3 Å². The Morgan fingerprint density at radius 2 is 1.77 bits per heavy atom. The number of anilines is 1. The number of rotatable bonds is 5. The molecule has 154 valence electrons. The Labute approximate surface area is 177 Å². The Hall–Kier alpha value is -3.17. The fraction of sp³-hybridized carbons (Fsp3) is 0.238. The summed E-state index contributed by atoms with van der Waals surface area (Å²) in [4.78, 5) is 39.4. The van der Waals surface area contributed by atoms with Gasteiger partial charge in [-0.15, -0.1) is 0 Å². The molecule has 0 atom stereocenters. The van der Waals surface area contributed by atoms with E-state index in [9.17, 15) is 19.7 Å². The smallest absolute Gasteiger partial charge is 0.293 e. The topological polar surface area (TPSA) is 93.0 Å². The van der Waals surface area contributed by atoms with E-state index in [0.29, 0.717) is 23.7 Å². The molecule has 2 aliphatic rings. The second kappa shape index (κ2) is 8.68. The molecular formula is C21H19N3O5S. The number of benzene rings is 2. The number of ether oxygens (including phenoxy) is 1. The Morgan fingerprint density at radius 1 is 1.07 bits per heavy atom. The van der Waals surface area contributed by atoms with Crippen LogP contribution in [0.1, 0.15) is 11.1 Å². The number of thioether (sulfide) groups is 1. The van der Waals surface area contributed by atoms with Crippen molar-refractivity contribution in [3.05, 3.63) is 74.7 Å². The first-order valence-corrected chi connectivity index (χ1v) is 10.2. The number of carbonyl (C=O) groups excluding carboxylic acids is 2. The van der Waals surface area contributed by atoms with Crippen LogP contribution in [0.5, 0.6) is 0 Å². The summed E-state index contributed by atoms with van der Waals surface area (Å²) in [5.74, 6) is -0.444. The summed E-state index contributed by atoms with van der Waals surface area (Å²) in [5.41, 5.74) is 2.10. The number of nitro benzene ring substituents is 1. The van der Waals surface area contributed by atoms with Crippen LogP contribution in [0.25, 0.3) is 6.08 Å². The number of nitro groups is 1. The minimum Gasteiger partial charge on any atom is -0.378 e. The molecule has 2 saturated heterocycles. The molecule has 0 N–H and O–H groups in total. The molecule has 9 heteroatoms. The molecule has 2 heterocycles. The highest BCUT2D eigenvalue weighted by Crippen LogP contribution is 2.34. The van der Waals surface area contributed by atoms with Gasteiger partial charge < -0.3 is 9.64 Å². The summed E-state index contributed by atoms with van der Waals surface area (Å²) in [6.07, 6.45) is 1.67. The standard InChI is InChI=1S/C21H19N3O5S/c25-20-19(13-15-5-7-17(8-6-15)22-9-11-29-12-10-22)30-21(26)23(20)14-16-3-1-2-4-18(16)24(27)28/h1-8,13H,9-12,14H2/b19-13+. The van der Waals surface area contributed by atoms with Crippen molar-refractivity contribution in [2.24, 2.45) is 0 Å². The maximum Gasteiger partial charge on any atom is 0.293 e. The van der Waals surface area contributed by atoms with Crippen LogP contribution in [0.15, 0.2) is 53.4 Å². The average Bonchev–Trinajstić information content (AvgIpc) is 3.02. The molecule has 0 radical (unpaired) electrons. The Kier molecular flexibility index (Phi) is 5.82. The summed E-state index contributed by atoms with van der Waals surface area (Å²) in [5, 5.41) is 10.8. The van der Waals surface area contributed by atoms with Crippen molar-refractivity contribution in [3.8, 4) is 0 Å². The van der Waals surface area contributed by atoms with E-state index in [-0.39, 0.29) is 12.2 Å². The van der Waals surface area contributed by atoms with E-state index in [1.54, 1.807) is 24.3 Å². The average molecular weight is 425 g/mol. The molecule has 0 aromatic heterocycles. The van der Waals surface area contributed by atoms with E-state index in [1.807, 2.05) is 24.3 Å². The number of para-hydroxylation sites is 1. The summed E-state index contributed by atoms with van der Waals surface area (Å²) in [6, 6.07) is 13.9. The van der Waals surface area contributed by atoms with Crippen LogP contribution in [0.4, 0.5) is 16.2 Å². The third-order valence-electron chi connectivity index (χ3n) is 4.96. The summed E-state index contributed by atoms with van der Waals surface area (Å²) < 4.78 is 5.36. The maximum atomic E-state index is 12.7. The van der Waals surface area contributed by atoms with Gasteiger partial charge in [0.05, 0.1) is 29.6 Å². The zero-order valence-electron chi connectivity index (χ0n) is 16.0. The van der Waals surface area contributed by atoms with Gasteiger partial charge in [0.1, 0.15) is 0 Å². The van der Waals surface area contributed by atoms with Crippen molar-refractivity contribution in [2.75, 3.05) is 31.2 Å². The Bertz CT molecular complexity index is 1020. The van der Waals surface area contributed by atoms with Gasteiger partial charge in [0.15, 0.2) is 0 Å². The molecular weight excluding hydrogens is 406 g/mol. The van der Waals surface area contributed by atoms with Gasteiger partial charge in [0.2, 0.25) is 0 Å². The number of morpholine rings is 1. The van der Waals surface area contributed by atoms with Gasteiger partial charge in [-0.2, -0.15) is 0 Å². The van der Waals surface area contributed by atoms with Crippen molar-refractivity contribution in [1.82, 2.24) is 4.90 Å². The van der Waals surface area contributed by atoms with Crippen molar-refractivity contribution < 1.29 is 19.2 Å². The monoisotopic (exact) mass is 425 g/mol. The third kappa shape index (κ3) is 4.22. The number of amides is 2. The lowest BCUT2D eigenvalue weighted by molar-refractivity contribution is -0.385. The zero-order chi connectivity index (χ0) is 21.1. The van der Waals surface area contributed by atoms with Crippen LogP contribution < -0.4 is 4.90 Å². The minimum atomic E-state index is -0.514. The van der Waals surface area contributed by atoms with Crippen molar-refractivity contribution in [1.29, 1.82) is 0 Å². The maximum absolute atomic E-state index is 12.7. The molecule has 0 unspecified atom stereocenters. The van der Waals surface area contributed by atoms with E-state index in [0.717, 1.165) is 41.0 Å². The van der Waals surface area contributed by atoms with Crippen LogP contribution in [0, 0.1) is 10.1 Å². The van der Waals surface area contributed by atoms with E-state index in [2.05, 4.69) is 4.90 Å². The van der Waals surface area contributed by atoms with E-state index < -0.39 is 16.1 Å². The van der Waals surface area contributed by atoms with Crippen LogP contribution in [-0.2, 0) is 16.1 Å². The number of hydrogen-bond donors (Lipinski definition) is 0. The highest BCUT2D eigenvalue weighted by Gasteiger charge is 2.36. The molecule has 4 rings (SSSR count). The summed E-state index contributed by atoms with van der Waals surface area (Å²) in [7, 11) is 0. The Morgan fingerprint density at radius 3 is 2.47 bits per heavy atom. The van der Waals surface area contributed by atoms with Gasteiger partial charge >= 0.3 is 0 Å². The van der Waals surface area contributed by atoms with E-state index in [1.165, 1.54) is 6.07 Å². The summed E-state index contributed by atoms with van der Waals surface area (Å²) >= 11 is 0.844. The molecule has 2 aromatic rings. The Balaban J connectivity index is 1.50. The highest BCUT2D eigenvalue weighted by atomic mass is 32.2.